The van der Waals surface area contributed by atoms with E-state index >= 15 is 0 Å². The van der Waals surface area contributed by atoms with Gasteiger partial charge in [0, 0.05) is 5.56 Å². The van der Waals surface area contributed by atoms with Crippen LogP contribution in [0, 0.1) is 6.92 Å². The summed E-state index contributed by atoms with van der Waals surface area (Å²) in [7, 11) is -3.11. The van der Waals surface area contributed by atoms with Gasteiger partial charge in [0.15, 0.2) is 0 Å². The van der Waals surface area contributed by atoms with Crippen LogP contribution < -0.4 is 5.73 Å². The Hall–Kier alpha value is -0.610. The van der Waals surface area contributed by atoms with Crippen molar-refractivity contribution in [3.63, 3.8) is 0 Å². The Morgan fingerprint density at radius 3 is 2.21 bits per heavy atom. The molecule has 0 aliphatic carbocycles. The lowest BCUT2D eigenvalue weighted by Crippen LogP contribution is -2.27. The lowest BCUT2D eigenvalue weighted by Gasteiger charge is -2.16. The molecular formula is C13H24NO4P. The van der Waals surface area contributed by atoms with Crippen LogP contribution in [-0.2, 0) is 25.3 Å². The molecular weight excluding hydrogens is 265 g/mol. The molecule has 0 bridgehead atoms. The maximum Gasteiger partial charge on any atom is 0.335 e. The Labute approximate surface area is 115 Å². The molecule has 0 aliphatic rings. The average Bonchev–Trinajstić information content (AvgIpc) is 2.60. The van der Waals surface area contributed by atoms with E-state index in [1.807, 2.05) is 26.8 Å². The summed E-state index contributed by atoms with van der Waals surface area (Å²) in [6.07, 6.45) is 0.208. The first-order valence-corrected chi connectivity index (χ1v) is 8.21. The predicted octanol–water partition coefficient (Wildman–Crippen LogP) is 3.55. The molecule has 6 heteroatoms. The molecule has 1 rings (SSSR count). The smallest absolute Gasteiger partial charge is 0.335 e. The molecule has 0 atom stereocenters. The Balaban J connectivity index is 2.98. The summed E-state index contributed by atoms with van der Waals surface area (Å²) in [5.74, 6) is 1.37. The van der Waals surface area contributed by atoms with Crippen molar-refractivity contribution in [2.75, 3.05) is 13.2 Å². The zero-order chi connectivity index (χ0) is 14.7. The fourth-order valence-corrected chi connectivity index (χ4v) is 3.50. The lowest BCUT2D eigenvalue weighted by atomic mass is 10.0. The van der Waals surface area contributed by atoms with Crippen LogP contribution in [0.2, 0.25) is 0 Å². The minimum absolute atomic E-state index is 0.208. The van der Waals surface area contributed by atoms with Gasteiger partial charge in [-0.2, -0.15) is 0 Å². The van der Waals surface area contributed by atoms with Gasteiger partial charge in [-0.05, 0) is 40.7 Å². The Morgan fingerprint density at radius 1 is 1.32 bits per heavy atom. The minimum Gasteiger partial charge on any atom is -0.464 e. The number of nitrogens with two attached hydrogens (primary N) is 1. The van der Waals surface area contributed by atoms with Crippen molar-refractivity contribution in [1.82, 2.24) is 0 Å². The fourth-order valence-electron chi connectivity index (χ4n) is 1.72. The first-order chi connectivity index (χ1) is 8.72. The van der Waals surface area contributed by atoms with E-state index in [9.17, 15) is 4.57 Å². The summed E-state index contributed by atoms with van der Waals surface area (Å²) < 4.78 is 28.7. The highest BCUT2D eigenvalue weighted by molar-refractivity contribution is 7.53. The van der Waals surface area contributed by atoms with Crippen molar-refractivity contribution in [3.8, 4) is 0 Å². The summed E-state index contributed by atoms with van der Waals surface area (Å²) >= 11 is 0. The fraction of sp³-hybridized carbons (Fsp3) is 0.692. The third-order valence-electron chi connectivity index (χ3n) is 2.67. The molecule has 0 unspecified atom stereocenters. The second-order valence-corrected chi connectivity index (χ2v) is 7.07. The van der Waals surface area contributed by atoms with Crippen LogP contribution in [0.5, 0.6) is 0 Å². The summed E-state index contributed by atoms with van der Waals surface area (Å²) in [6, 6.07) is 1.83. The van der Waals surface area contributed by atoms with Crippen LogP contribution in [0.3, 0.4) is 0 Å². The maximum atomic E-state index is 12.5. The van der Waals surface area contributed by atoms with Crippen molar-refractivity contribution >= 4 is 7.60 Å². The molecule has 0 radical (unpaired) electrons. The van der Waals surface area contributed by atoms with Gasteiger partial charge in [0.2, 0.25) is 0 Å². The quantitative estimate of drug-likeness (QED) is 0.777. The van der Waals surface area contributed by atoms with E-state index in [1.54, 1.807) is 13.8 Å². The molecule has 1 aromatic rings. The Morgan fingerprint density at radius 2 is 1.84 bits per heavy atom. The number of furan rings is 1. The van der Waals surface area contributed by atoms with Crippen LogP contribution in [0.1, 0.15) is 44.8 Å². The molecule has 110 valence electrons. The molecule has 0 amide bonds. The van der Waals surface area contributed by atoms with Gasteiger partial charge >= 0.3 is 7.60 Å². The average molecular weight is 289 g/mol. The lowest BCUT2D eigenvalue weighted by molar-refractivity contribution is 0.219. The van der Waals surface area contributed by atoms with Crippen LogP contribution in [-0.4, -0.2) is 13.2 Å². The molecule has 1 heterocycles. The zero-order valence-corrected chi connectivity index (χ0v) is 13.3. The molecule has 5 nitrogen and oxygen atoms in total. The van der Waals surface area contributed by atoms with E-state index in [0.29, 0.717) is 24.7 Å². The topological polar surface area (TPSA) is 74.7 Å². The van der Waals surface area contributed by atoms with E-state index in [0.717, 1.165) is 5.56 Å². The standard InChI is InChI=1S/C13H24NO4P/c1-6-16-19(15,17-7-2)9-11-8-12(13(4,5)14)18-10(11)3/h8H,6-7,9,14H2,1-5H3. The van der Waals surface area contributed by atoms with Gasteiger partial charge in [-0.3, -0.25) is 4.57 Å². The predicted molar refractivity (Wildman–Crippen MR) is 75.2 cm³/mol. The highest BCUT2D eigenvalue weighted by Gasteiger charge is 2.28. The molecule has 0 spiro atoms. The summed E-state index contributed by atoms with van der Waals surface area (Å²) in [6.45, 7) is 9.84. The second-order valence-electron chi connectivity index (χ2n) is 5.02. The van der Waals surface area contributed by atoms with Crippen LogP contribution in [0.15, 0.2) is 10.5 Å². The number of hydrogen-bond donors (Lipinski definition) is 1. The van der Waals surface area contributed by atoms with Crippen molar-refractivity contribution < 1.29 is 18.0 Å². The van der Waals surface area contributed by atoms with Gasteiger partial charge in [-0.1, -0.05) is 0 Å². The van der Waals surface area contributed by atoms with Crippen LogP contribution in [0.4, 0.5) is 0 Å². The van der Waals surface area contributed by atoms with Gasteiger partial charge in [0.1, 0.15) is 11.5 Å². The molecule has 0 aromatic carbocycles. The Bertz CT molecular complexity index is 452. The van der Waals surface area contributed by atoms with Gasteiger partial charge in [-0.15, -0.1) is 0 Å². The number of aryl methyl sites for hydroxylation is 1. The maximum absolute atomic E-state index is 12.5. The zero-order valence-electron chi connectivity index (χ0n) is 12.4. The van der Waals surface area contributed by atoms with E-state index in [1.165, 1.54) is 0 Å². The molecule has 0 fully saturated rings. The first kappa shape index (κ1) is 16.4. The van der Waals surface area contributed by atoms with Crippen LogP contribution in [0.25, 0.3) is 0 Å². The SMILES string of the molecule is CCOP(=O)(Cc1cc(C(C)(C)N)oc1C)OCC. The molecule has 2 N–H and O–H groups in total. The van der Waals surface area contributed by atoms with Crippen molar-refractivity contribution in [1.29, 1.82) is 0 Å². The summed E-state index contributed by atoms with van der Waals surface area (Å²) in [5.41, 5.74) is 6.25. The second kappa shape index (κ2) is 6.23. The largest absolute Gasteiger partial charge is 0.464 e. The third-order valence-corrected chi connectivity index (χ3v) is 4.70. The molecule has 0 aliphatic heterocycles. The third kappa shape index (κ3) is 4.46. The van der Waals surface area contributed by atoms with Crippen molar-refractivity contribution in [2.45, 2.75) is 46.3 Å². The van der Waals surface area contributed by atoms with Gasteiger partial charge in [-0.25, -0.2) is 0 Å². The van der Waals surface area contributed by atoms with E-state index in [2.05, 4.69) is 0 Å². The van der Waals surface area contributed by atoms with Crippen molar-refractivity contribution in [2.24, 2.45) is 5.73 Å². The number of rotatable bonds is 7. The first-order valence-electron chi connectivity index (χ1n) is 6.48. The van der Waals surface area contributed by atoms with E-state index in [4.69, 9.17) is 19.2 Å². The normalized spacial score (nSPS) is 12.9. The summed E-state index contributed by atoms with van der Waals surface area (Å²) in [5, 5.41) is 0. The monoisotopic (exact) mass is 289 g/mol. The number of hydrogen-bond acceptors (Lipinski definition) is 5. The van der Waals surface area contributed by atoms with Crippen molar-refractivity contribution in [3.05, 3.63) is 23.2 Å². The van der Waals surface area contributed by atoms with Gasteiger partial charge in [0.25, 0.3) is 0 Å². The minimum atomic E-state index is -3.11. The van der Waals surface area contributed by atoms with Gasteiger partial charge < -0.3 is 19.2 Å². The van der Waals surface area contributed by atoms with E-state index < -0.39 is 13.1 Å². The van der Waals surface area contributed by atoms with Gasteiger partial charge in [0.05, 0.1) is 24.9 Å². The molecule has 0 saturated carbocycles. The highest BCUT2D eigenvalue weighted by atomic mass is 31.2. The van der Waals surface area contributed by atoms with E-state index in [-0.39, 0.29) is 6.16 Å². The van der Waals surface area contributed by atoms with Crippen LogP contribution >= 0.6 is 7.60 Å². The molecule has 1 aromatic heterocycles. The molecule has 19 heavy (non-hydrogen) atoms. The molecule has 0 saturated heterocycles. The Kier molecular flexibility index (Phi) is 5.39. The summed E-state index contributed by atoms with van der Waals surface area (Å²) in [4.78, 5) is 0. The highest BCUT2D eigenvalue weighted by Crippen LogP contribution is 2.52.